The van der Waals surface area contributed by atoms with Crippen LogP contribution in [0.25, 0.3) is 11.1 Å². The topological polar surface area (TPSA) is 83.0 Å². The molecule has 2 heterocycles. The van der Waals surface area contributed by atoms with E-state index in [0.29, 0.717) is 17.6 Å². The number of rotatable bonds is 5. The van der Waals surface area contributed by atoms with E-state index < -0.39 is 0 Å². The second-order valence-corrected chi connectivity index (χ2v) is 8.52. The Bertz CT molecular complexity index is 1340. The van der Waals surface area contributed by atoms with Crippen molar-refractivity contribution in [3.05, 3.63) is 89.7 Å². The maximum Gasteiger partial charge on any atom is 0.232 e. The Kier molecular flexibility index (Phi) is 5.91. The van der Waals surface area contributed by atoms with E-state index in [2.05, 4.69) is 79.9 Å². The van der Waals surface area contributed by atoms with Crippen LogP contribution in [0.5, 0.6) is 0 Å². The van der Waals surface area contributed by atoms with Gasteiger partial charge in [0.25, 0.3) is 0 Å². The zero-order chi connectivity index (χ0) is 23.5. The first-order valence-electron chi connectivity index (χ1n) is 11.3. The molecule has 170 valence electrons. The highest BCUT2D eigenvalue weighted by molar-refractivity contribution is 5.89. The van der Waals surface area contributed by atoms with Gasteiger partial charge >= 0.3 is 0 Å². The van der Waals surface area contributed by atoms with Crippen LogP contribution < -0.4 is 15.5 Å². The molecule has 0 radical (unpaired) electrons. The molecule has 0 unspecified atom stereocenters. The third-order valence-electron chi connectivity index (χ3n) is 5.88. The van der Waals surface area contributed by atoms with Gasteiger partial charge in [-0.15, -0.1) is 0 Å². The summed E-state index contributed by atoms with van der Waals surface area (Å²) in [5, 5.41) is 5.99. The molecule has 34 heavy (non-hydrogen) atoms. The minimum absolute atomic E-state index is 0.115. The summed E-state index contributed by atoms with van der Waals surface area (Å²) in [6.45, 7) is 5.19. The van der Waals surface area contributed by atoms with E-state index in [4.69, 9.17) is 0 Å². The average Bonchev–Trinajstić information content (AvgIpc) is 2.84. The van der Waals surface area contributed by atoms with Crippen molar-refractivity contribution in [2.24, 2.45) is 0 Å². The number of carbonyl (C=O) groups excluding carboxylic acids is 1. The largest absolute Gasteiger partial charge is 0.336 e. The Balaban J connectivity index is 1.31. The molecule has 0 spiro atoms. The summed E-state index contributed by atoms with van der Waals surface area (Å²) in [7, 11) is 0. The van der Waals surface area contributed by atoms with E-state index in [9.17, 15) is 4.79 Å². The lowest BCUT2D eigenvalue weighted by molar-refractivity contribution is -0.114. The predicted octanol–water partition coefficient (Wildman–Crippen LogP) is 5.11. The van der Waals surface area contributed by atoms with Gasteiger partial charge in [0.1, 0.15) is 6.33 Å². The van der Waals surface area contributed by atoms with Crippen molar-refractivity contribution in [3.8, 4) is 11.1 Å². The molecule has 4 aromatic rings. The van der Waals surface area contributed by atoms with Crippen LogP contribution in [0, 0.1) is 6.92 Å². The van der Waals surface area contributed by atoms with Gasteiger partial charge in [-0.2, -0.15) is 4.98 Å². The lowest BCUT2D eigenvalue weighted by atomic mass is 9.94. The second-order valence-electron chi connectivity index (χ2n) is 8.52. The molecule has 0 saturated carbocycles. The van der Waals surface area contributed by atoms with Gasteiger partial charge in [0.15, 0.2) is 0 Å². The molecule has 1 aliphatic heterocycles. The molecule has 0 fully saturated rings. The SMILES string of the molecule is CC(=O)Nc1cccc(Nc2ncnc(N3CCc4cc(-c5ccc(C)cc5)ccc4C3)n2)c1. The maximum atomic E-state index is 11.3. The highest BCUT2D eigenvalue weighted by Gasteiger charge is 2.19. The fourth-order valence-corrected chi connectivity index (χ4v) is 4.16. The minimum atomic E-state index is -0.115. The normalized spacial score (nSPS) is 12.7. The summed E-state index contributed by atoms with van der Waals surface area (Å²) in [6, 6.07) is 22.8. The number of hydrogen-bond acceptors (Lipinski definition) is 6. The van der Waals surface area contributed by atoms with Gasteiger partial charge in [0, 0.05) is 31.4 Å². The molecule has 5 rings (SSSR count). The van der Waals surface area contributed by atoms with Crippen LogP contribution in [0.1, 0.15) is 23.6 Å². The van der Waals surface area contributed by atoms with E-state index in [-0.39, 0.29) is 5.91 Å². The van der Waals surface area contributed by atoms with Gasteiger partial charge < -0.3 is 15.5 Å². The van der Waals surface area contributed by atoms with Crippen molar-refractivity contribution in [2.75, 3.05) is 22.1 Å². The number of hydrogen-bond donors (Lipinski definition) is 2. The lowest BCUT2D eigenvalue weighted by Gasteiger charge is -2.29. The van der Waals surface area contributed by atoms with Gasteiger partial charge in [0.05, 0.1) is 0 Å². The van der Waals surface area contributed by atoms with Crippen molar-refractivity contribution in [1.82, 2.24) is 15.0 Å². The molecule has 1 aromatic heterocycles. The summed E-state index contributed by atoms with van der Waals surface area (Å²) in [4.78, 5) is 26.8. The first kappa shape index (κ1) is 21.6. The maximum absolute atomic E-state index is 11.3. The molecule has 7 nitrogen and oxygen atoms in total. The minimum Gasteiger partial charge on any atom is -0.336 e. The summed E-state index contributed by atoms with van der Waals surface area (Å²) < 4.78 is 0. The summed E-state index contributed by atoms with van der Waals surface area (Å²) in [5.74, 6) is 0.991. The molecular formula is C27H26N6O. The van der Waals surface area contributed by atoms with Gasteiger partial charge in [-0.3, -0.25) is 4.79 Å². The van der Waals surface area contributed by atoms with E-state index in [1.165, 1.54) is 41.1 Å². The predicted molar refractivity (Wildman–Crippen MR) is 135 cm³/mol. The van der Waals surface area contributed by atoms with Crippen LogP contribution in [-0.4, -0.2) is 27.4 Å². The molecule has 1 aliphatic rings. The van der Waals surface area contributed by atoms with Crippen LogP contribution >= 0.6 is 0 Å². The number of amides is 1. The Hall–Kier alpha value is -4.26. The van der Waals surface area contributed by atoms with Crippen molar-refractivity contribution >= 4 is 29.2 Å². The number of carbonyl (C=O) groups is 1. The number of aromatic nitrogens is 3. The first-order chi connectivity index (χ1) is 16.5. The average molecular weight is 451 g/mol. The third kappa shape index (κ3) is 4.88. The summed E-state index contributed by atoms with van der Waals surface area (Å²) in [5.41, 5.74) is 7.92. The Morgan fingerprint density at radius 2 is 1.71 bits per heavy atom. The van der Waals surface area contributed by atoms with E-state index in [0.717, 1.165) is 25.2 Å². The Labute approximate surface area is 198 Å². The molecular weight excluding hydrogens is 424 g/mol. The van der Waals surface area contributed by atoms with Crippen LogP contribution in [-0.2, 0) is 17.8 Å². The molecule has 0 aliphatic carbocycles. The van der Waals surface area contributed by atoms with E-state index in [1.807, 2.05) is 24.3 Å². The first-order valence-corrected chi connectivity index (χ1v) is 11.3. The van der Waals surface area contributed by atoms with Crippen molar-refractivity contribution < 1.29 is 4.79 Å². The highest BCUT2D eigenvalue weighted by Crippen LogP contribution is 2.28. The fraction of sp³-hybridized carbons (Fsp3) is 0.185. The van der Waals surface area contributed by atoms with Gasteiger partial charge in [0.2, 0.25) is 17.8 Å². The Morgan fingerprint density at radius 3 is 2.53 bits per heavy atom. The number of benzene rings is 3. The van der Waals surface area contributed by atoms with Crippen molar-refractivity contribution in [1.29, 1.82) is 0 Å². The van der Waals surface area contributed by atoms with E-state index >= 15 is 0 Å². The smallest absolute Gasteiger partial charge is 0.232 e. The molecule has 2 N–H and O–H groups in total. The van der Waals surface area contributed by atoms with Crippen molar-refractivity contribution in [2.45, 2.75) is 26.8 Å². The zero-order valence-corrected chi connectivity index (χ0v) is 19.2. The molecule has 0 atom stereocenters. The lowest BCUT2D eigenvalue weighted by Crippen LogP contribution is -2.32. The number of fused-ring (bicyclic) bond motifs is 1. The van der Waals surface area contributed by atoms with Gasteiger partial charge in [-0.25, -0.2) is 9.97 Å². The van der Waals surface area contributed by atoms with Crippen LogP contribution in [0.4, 0.5) is 23.3 Å². The molecule has 3 aromatic carbocycles. The number of anilines is 4. The number of nitrogens with zero attached hydrogens (tertiary/aromatic N) is 4. The van der Waals surface area contributed by atoms with Crippen LogP contribution in [0.3, 0.4) is 0 Å². The summed E-state index contributed by atoms with van der Waals surface area (Å²) >= 11 is 0. The summed E-state index contributed by atoms with van der Waals surface area (Å²) in [6.07, 6.45) is 2.46. The number of aryl methyl sites for hydroxylation is 1. The van der Waals surface area contributed by atoms with Crippen molar-refractivity contribution in [3.63, 3.8) is 0 Å². The van der Waals surface area contributed by atoms with Crippen LogP contribution in [0.15, 0.2) is 73.1 Å². The third-order valence-corrected chi connectivity index (χ3v) is 5.88. The second kappa shape index (κ2) is 9.31. The highest BCUT2D eigenvalue weighted by atomic mass is 16.1. The standard InChI is InChI=1S/C27H26N6O/c1-18-6-8-20(9-7-18)21-10-11-23-16-33(13-12-22(23)14-21)27-29-17-28-26(32-27)31-25-5-3-4-24(15-25)30-19(2)34/h3-11,14-15,17H,12-13,16H2,1-2H3,(H,30,34)(H,28,29,31,32). The quantitative estimate of drug-likeness (QED) is 0.440. The molecule has 0 bridgehead atoms. The molecule has 1 amide bonds. The van der Waals surface area contributed by atoms with Gasteiger partial charge in [-0.05, 0) is 53.8 Å². The van der Waals surface area contributed by atoms with Crippen LogP contribution in [0.2, 0.25) is 0 Å². The molecule has 7 heteroatoms. The van der Waals surface area contributed by atoms with Gasteiger partial charge in [-0.1, -0.05) is 54.1 Å². The van der Waals surface area contributed by atoms with E-state index in [1.54, 1.807) is 0 Å². The Morgan fingerprint density at radius 1 is 0.912 bits per heavy atom. The zero-order valence-electron chi connectivity index (χ0n) is 19.2. The monoisotopic (exact) mass is 450 g/mol. The fourth-order valence-electron chi connectivity index (χ4n) is 4.16. The number of nitrogens with one attached hydrogen (secondary N) is 2. The molecule has 0 saturated heterocycles.